The lowest BCUT2D eigenvalue weighted by Crippen LogP contribution is -2.42. The second-order valence-corrected chi connectivity index (χ2v) is 9.47. The number of pyridine rings is 1. The number of carbonyl (C=O) groups is 1. The zero-order valence-electron chi connectivity index (χ0n) is 17.0. The molecule has 1 aromatic carbocycles. The Morgan fingerprint density at radius 1 is 1.17 bits per heavy atom. The van der Waals surface area contributed by atoms with Crippen LogP contribution in [0.25, 0.3) is 0 Å². The van der Waals surface area contributed by atoms with Crippen LogP contribution in [0.15, 0.2) is 47.5 Å². The van der Waals surface area contributed by atoms with Gasteiger partial charge in [-0.15, -0.1) is 0 Å². The molecule has 2 unspecified atom stereocenters. The highest BCUT2D eigenvalue weighted by molar-refractivity contribution is 7.89. The summed E-state index contributed by atoms with van der Waals surface area (Å²) in [6.45, 7) is 7.44. The highest BCUT2D eigenvalue weighted by Crippen LogP contribution is 2.27. The van der Waals surface area contributed by atoms with Gasteiger partial charge in [0.1, 0.15) is 5.56 Å². The van der Waals surface area contributed by atoms with Crippen LogP contribution in [0.3, 0.4) is 0 Å². The van der Waals surface area contributed by atoms with Crippen molar-refractivity contribution in [1.29, 1.82) is 0 Å². The summed E-state index contributed by atoms with van der Waals surface area (Å²) in [7, 11) is -3.55. The minimum atomic E-state index is -3.55. The lowest BCUT2D eigenvalue weighted by atomic mass is 9.94. The Morgan fingerprint density at radius 3 is 2.45 bits per heavy atom. The fourth-order valence-electron chi connectivity index (χ4n) is 3.68. The molecule has 0 bridgehead atoms. The van der Waals surface area contributed by atoms with Crippen LogP contribution < -0.4 is 10.1 Å². The van der Waals surface area contributed by atoms with Crippen LogP contribution in [0, 0.1) is 11.8 Å². The molecule has 1 fully saturated rings. The van der Waals surface area contributed by atoms with E-state index in [4.69, 9.17) is 4.74 Å². The molecule has 7 nitrogen and oxygen atoms in total. The molecule has 1 N–H and O–H groups in total. The number of sulfonamides is 1. The standard InChI is InChI=1S/C21H27N3O4S/c1-4-28-21-19(6-5-11-22-21)20(25)23-17-7-9-18(10-8-17)29(26,27)24-13-15(2)12-16(3)14-24/h5-11,15-16H,4,12-14H2,1-3H3,(H,23,25). The highest BCUT2D eigenvalue weighted by Gasteiger charge is 2.31. The third kappa shape index (κ3) is 4.94. The molecule has 2 atom stereocenters. The van der Waals surface area contributed by atoms with Crippen molar-refractivity contribution < 1.29 is 17.9 Å². The summed E-state index contributed by atoms with van der Waals surface area (Å²) in [5.74, 6) is 0.577. The molecule has 156 valence electrons. The normalized spacial score (nSPS) is 20.2. The number of aromatic nitrogens is 1. The Morgan fingerprint density at radius 2 is 1.83 bits per heavy atom. The first-order chi connectivity index (χ1) is 13.8. The molecule has 1 amide bonds. The number of nitrogens with one attached hydrogen (secondary N) is 1. The Balaban J connectivity index is 1.74. The fourth-order valence-corrected chi connectivity index (χ4v) is 5.35. The smallest absolute Gasteiger partial charge is 0.261 e. The van der Waals surface area contributed by atoms with Gasteiger partial charge in [-0.2, -0.15) is 4.31 Å². The van der Waals surface area contributed by atoms with Gasteiger partial charge >= 0.3 is 0 Å². The third-order valence-electron chi connectivity index (χ3n) is 4.88. The van der Waals surface area contributed by atoms with Crippen LogP contribution in [0.4, 0.5) is 5.69 Å². The maximum absolute atomic E-state index is 13.0. The van der Waals surface area contributed by atoms with Crippen molar-refractivity contribution in [2.75, 3.05) is 25.0 Å². The first-order valence-corrected chi connectivity index (χ1v) is 11.2. The number of hydrogen-bond donors (Lipinski definition) is 1. The molecule has 1 saturated heterocycles. The summed E-state index contributed by atoms with van der Waals surface area (Å²) >= 11 is 0. The maximum Gasteiger partial charge on any atom is 0.261 e. The van der Waals surface area contributed by atoms with Gasteiger partial charge in [0.05, 0.1) is 11.5 Å². The molecule has 8 heteroatoms. The van der Waals surface area contributed by atoms with Crippen molar-refractivity contribution in [3.63, 3.8) is 0 Å². The van der Waals surface area contributed by atoms with Gasteiger partial charge in [-0.25, -0.2) is 13.4 Å². The molecule has 1 aliphatic heterocycles. The van der Waals surface area contributed by atoms with Gasteiger partial charge in [0.15, 0.2) is 0 Å². The molecule has 29 heavy (non-hydrogen) atoms. The lowest BCUT2D eigenvalue weighted by molar-refractivity contribution is 0.102. The first-order valence-electron chi connectivity index (χ1n) is 9.80. The average Bonchev–Trinajstić information content (AvgIpc) is 2.68. The van der Waals surface area contributed by atoms with Gasteiger partial charge in [-0.3, -0.25) is 4.79 Å². The Hall–Kier alpha value is -2.45. The van der Waals surface area contributed by atoms with Crippen molar-refractivity contribution in [2.24, 2.45) is 11.8 Å². The van der Waals surface area contributed by atoms with Crippen LogP contribution in [0.1, 0.15) is 37.6 Å². The number of ether oxygens (including phenoxy) is 1. The summed E-state index contributed by atoms with van der Waals surface area (Å²) in [5, 5.41) is 2.76. The van der Waals surface area contributed by atoms with Crippen LogP contribution in [-0.4, -0.2) is 43.3 Å². The zero-order chi connectivity index (χ0) is 21.0. The molecule has 1 aromatic heterocycles. The molecule has 0 spiro atoms. The van der Waals surface area contributed by atoms with Crippen molar-refractivity contribution >= 4 is 21.6 Å². The number of hydrogen-bond acceptors (Lipinski definition) is 5. The molecular formula is C21H27N3O4S. The number of rotatable bonds is 6. The molecule has 0 radical (unpaired) electrons. The Labute approximate surface area is 172 Å². The van der Waals surface area contributed by atoms with E-state index in [0.717, 1.165) is 6.42 Å². The van der Waals surface area contributed by atoms with E-state index in [9.17, 15) is 13.2 Å². The van der Waals surface area contributed by atoms with Crippen molar-refractivity contribution in [2.45, 2.75) is 32.1 Å². The van der Waals surface area contributed by atoms with Gasteiger partial charge in [0.2, 0.25) is 15.9 Å². The van der Waals surface area contributed by atoms with Gasteiger partial charge < -0.3 is 10.1 Å². The van der Waals surface area contributed by atoms with Crippen LogP contribution >= 0.6 is 0 Å². The molecule has 2 aromatic rings. The van der Waals surface area contributed by atoms with Crippen LogP contribution in [0.2, 0.25) is 0 Å². The first kappa shape index (κ1) is 21.3. The second kappa shape index (κ2) is 8.92. The lowest BCUT2D eigenvalue weighted by Gasteiger charge is -2.34. The van der Waals surface area contributed by atoms with E-state index in [2.05, 4.69) is 24.1 Å². The molecule has 1 aliphatic rings. The zero-order valence-corrected chi connectivity index (χ0v) is 17.8. The number of anilines is 1. The Kier molecular flexibility index (Phi) is 6.54. The maximum atomic E-state index is 13.0. The largest absolute Gasteiger partial charge is 0.477 e. The van der Waals surface area contributed by atoms with Crippen molar-refractivity contribution in [3.05, 3.63) is 48.2 Å². The fraction of sp³-hybridized carbons (Fsp3) is 0.429. The minimum Gasteiger partial charge on any atom is -0.477 e. The predicted octanol–water partition coefficient (Wildman–Crippen LogP) is 3.40. The number of nitrogens with zero attached hydrogens (tertiary/aromatic N) is 2. The van der Waals surface area contributed by atoms with Gasteiger partial charge in [-0.1, -0.05) is 13.8 Å². The van der Waals surface area contributed by atoms with E-state index in [1.54, 1.807) is 34.8 Å². The van der Waals surface area contributed by atoms with E-state index in [0.29, 0.717) is 42.8 Å². The third-order valence-corrected chi connectivity index (χ3v) is 6.73. The van der Waals surface area contributed by atoms with Crippen LogP contribution in [0.5, 0.6) is 5.88 Å². The average molecular weight is 418 g/mol. The number of benzene rings is 1. The molecule has 0 aliphatic carbocycles. The quantitative estimate of drug-likeness (QED) is 0.778. The Bertz CT molecular complexity index is 950. The summed E-state index contributed by atoms with van der Waals surface area (Å²) in [6, 6.07) is 9.54. The van der Waals surface area contributed by atoms with Gasteiger partial charge in [0, 0.05) is 25.0 Å². The van der Waals surface area contributed by atoms with Gasteiger partial charge in [-0.05, 0) is 61.6 Å². The van der Waals surface area contributed by atoms with Crippen LogP contribution in [-0.2, 0) is 10.0 Å². The number of piperidine rings is 1. The van der Waals surface area contributed by atoms with Crippen molar-refractivity contribution in [1.82, 2.24) is 9.29 Å². The second-order valence-electron chi connectivity index (χ2n) is 7.54. The van der Waals surface area contributed by atoms with E-state index in [1.807, 2.05) is 6.92 Å². The highest BCUT2D eigenvalue weighted by atomic mass is 32.2. The van der Waals surface area contributed by atoms with Gasteiger partial charge in [0.25, 0.3) is 5.91 Å². The summed E-state index contributed by atoms with van der Waals surface area (Å²) in [5.41, 5.74) is 0.822. The topological polar surface area (TPSA) is 88.6 Å². The van der Waals surface area contributed by atoms with E-state index in [-0.39, 0.29) is 16.7 Å². The SMILES string of the molecule is CCOc1ncccc1C(=O)Nc1ccc(S(=O)(=O)N2CC(C)CC(C)C2)cc1. The number of carbonyl (C=O) groups excluding carboxylic acids is 1. The summed E-state index contributed by atoms with van der Waals surface area (Å²) in [6.07, 6.45) is 2.60. The van der Waals surface area contributed by atoms with E-state index >= 15 is 0 Å². The molecule has 0 saturated carbocycles. The summed E-state index contributed by atoms with van der Waals surface area (Å²) in [4.78, 5) is 16.9. The minimum absolute atomic E-state index is 0.230. The van der Waals surface area contributed by atoms with E-state index < -0.39 is 10.0 Å². The van der Waals surface area contributed by atoms with E-state index in [1.165, 1.54) is 12.1 Å². The van der Waals surface area contributed by atoms with Crippen molar-refractivity contribution in [3.8, 4) is 5.88 Å². The monoisotopic (exact) mass is 417 g/mol. The molecule has 2 heterocycles. The molecular weight excluding hydrogens is 390 g/mol. The predicted molar refractivity (Wildman–Crippen MR) is 112 cm³/mol. The number of amides is 1. The summed E-state index contributed by atoms with van der Waals surface area (Å²) < 4.78 is 32.9. The molecule has 3 rings (SSSR count).